The lowest BCUT2D eigenvalue weighted by Crippen LogP contribution is -2.09. The summed E-state index contributed by atoms with van der Waals surface area (Å²) >= 11 is 5.64. The molecule has 0 spiro atoms. The lowest BCUT2D eigenvalue weighted by molar-refractivity contribution is -0.120. The van der Waals surface area contributed by atoms with Crippen LogP contribution in [0, 0.1) is 0 Å². The summed E-state index contributed by atoms with van der Waals surface area (Å²) in [4.78, 5) is 10.4. The van der Waals surface area contributed by atoms with Crippen LogP contribution in [0.3, 0.4) is 0 Å². The van der Waals surface area contributed by atoms with Crippen LogP contribution < -0.4 is 14.2 Å². The van der Waals surface area contributed by atoms with Gasteiger partial charge in [-0.2, -0.15) is 0 Å². The molecule has 0 saturated carbocycles. The number of rotatable bonds is 7. The Hall–Kier alpha value is -1.46. The molecule has 0 aliphatic carbocycles. The van der Waals surface area contributed by atoms with Crippen molar-refractivity contribution in [1.29, 1.82) is 0 Å². The van der Waals surface area contributed by atoms with Crippen LogP contribution >= 0.6 is 11.6 Å². The van der Waals surface area contributed by atoms with Crippen molar-refractivity contribution in [3.8, 4) is 17.2 Å². The second-order valence-electron chi connectivity index (χ2n) is 3.68. The van der Waals surface area contributed by atoms with Crippen molar-refractivity contribution in [3.05, 3.63) is 18.2 Å². The first kappa shape index (κ1) is 13.0. The molecule has 0 amide bonds. The number of benzene rings is 1. The van der Waals surface area contributed by atoms with E-state index in [1.165, 1.54) is 7.11 Å². The summed E-state index contributed by atoms with van der Waals surface area (Å²) in [7, 11) is 1.52. The quantitative estimate of drug-likeness (QED) is 0.429. The third-order valence-electron chi connectivity index (χ3n) is 2.57. The molecule has 1 aliphatic rings. The van der Waals surface area contributed by atoms with Gasteiger partial charge in [0.2, 0.25) is 5.75 Å². The van der Waals surface area contributed by atoms with Gasteiger partial charge >= 0.3 is 0 Å². The van der Waals surface area contributed by atoms with E-state index < -0.39 is 0 Å². The van der Waals surface area contributed by atoms with Crippen LogP contribution in [0.1, 0.15) is 0 Å². The Bertz CT molecular complexity index is 423. The zero-order valence-corrected chi connectivity index (χ0v) is 10.6. The number of alkyl halides is 1. The monoisotopic (exact) mass is 272 g/mol. The normalized spacial score (nSPS) is 21.2. The first-order valence-corrected chi connectivity index (χ1v) is 5.95. The maximum absolute atomic E-state index is 10.4. The first-order valence-electron chi connectivity index (χ1n) is 5.41. The number of carbonyl (C=O) groups excluding carboxylic acids is 1. The van der Waals surface area contributed by atoms with Crippen LogP contribution in [-0.2, 0) is 9.53 Å². The third-order valence-corrected chi connectivity index (χ3v) is 2.87. The summed E-state index contributed by atoms with van der Waals surface area (Å²) < 4.78 is 20.8. The van der Waals surface area contributed by atoms with Gasteiger partial charge in [-0.25, -0.2) is 0 Å². The SMILES string of the molecule is COc1cccc(OC=O)c1OC[C@@H]1O[C@H]1CCl. The minimum atomic E-state index is -0.0171. The molecule has 1 aromatic carbocycles. The summed E-state index contributed by atoms with van der Waals surface area (Å²) in [6.45, 7) is 0.684. The van der Waals surface area contributed by atoms with Crippen LogP contribution in [0.4, 0.5) is 0 Å². The fraction of sp³-hybridized carbons (Fsp3) is 0.417. The van der Waals surface area contributed by atoms with Crippen molar-refractivity contribution in [2.24, 2.45) is 0 Å². The second-order valence-corrected chi connectivity index (χ2v) is 3.99. The van der Waals surface area contributed by atoms with E-state index in [9.17, 15) is 4.79 Å². The Balaban J connectivity index is 2.06. The van der Waals surface area contributed by atoms with E-state index in [1.807, 2.05) is 0 Å². The van der Waals surface area contributed by atoms with Gasteiger partial charge in [-0.3, -0.25) is 4.79 Å². The summed E-state index contributed by atoms with van der Waals surface area (Å²) in [6.07, 6.45) is 0.0216. The molecule has 2 rings (SSSR count). The standard InChI is InChI=1S/C12H13ClO5/c1-15-8-3-2-4-9(17-7-14)12(8)16-6-11-10(5-13)18-11/h2-4,7,10-11H,5-6H2,1H3/t10-,11-/m0/s1. The minimum Gasteiger partial charge on any atom is -0.493 e. The van der Waals surface area contributed by atoms with E-state index >= 15 is 0 Å². The fourth-order valence-electron chi connectivity index (χ4n) is 1.57. The van der Waals surface area contributed by atoms with E-state index in [0.29, 0.717) is 36.2 Å². The maximum atomic E-state index is 10.4. The highest BCUT2D eigenvalue weighted by atomic mass is 35.5. The molecule has 0 aromatic heterocycles. The van der Waals surface area contributed by atoms with Crippen LogP contribution in [0.2, 0.25) is 0 Å². The Labute approximate surface area is 110 Å². The zero-order valence-electron chi connectivity index (χ0n) is 9.80. The van der Waals surface area contributed by atoms with Crippen molar-refractivity contribution in [2.75, 3.05) is 19.6 Å². The van der Waals surface area contributed by atoms with Gasteiger partial charge in [0, 0.05) is 0 Å². The molecular weight excluding hydrogens is 260 g/mol. The van der Waals surface area contributed by atoms with Gasteiger partial charge in [-0.15, -0.1) is 11.6 Å². The first-order chi connectivity index (χ1) is 8.80. The van der Waals surface area contributed by atoms with Crippen molar-refractivity contribution in [3.63, 3.8) is 0 Å². The average molecular weight is 273 g/mol. The van der Waals surface area contributed by atoms with Crippen molar-refractivity contribution < 1.29 is 23.7 Å². The number of hydrogen-bond donors (Lipinski definition) is 0. The van der Waals surface area contributed by atoms with Gasteiger partial charge in [0.05, 0.1) is 13.0 Å². The highest BCUT2D eigenvalue weighted by molar-refractivity contribution is 6.18. The minimum absolute atomic E-state index is 0.0171. The highest BCUT2D eigenvalue weighted by Gasteiger charge is 2.38. The van der Waals surface area contributed by atoms with Crippen LogP contribution in [-0.4, -0.2) is 38.3 Å². The van der Waals surface area contributed by atoms with E-state index in [2.05, 4.69) is 0 Å². The molecular formula is C12H13ClO5. The molecule has 0 bridgehead atoms. The van der Waals surface area contributed by atoms with E-state index in [1.54, 1.807) is 18.2 Å². The number of halogens is 1. The molecule has 0 radical (unpaired) electrons. The van der Waals surface area contributed by atoms with Gasteiger partial charge in [0.25, 0.3) is 6.47 Å². The fourth-order valence-corrected chi connectivity index (χ4v) is 1.84. The Morgan fingerprint density at radius 2 is 2.17 bits per heavy atom. The van der Waals surface area contributed by atoms with E-state index in [0.717, 1.165) is 0 Å². The Morgan fingerprint density at radius 3 is 2.78 bits per heavy atom. The molecule has 2 atom stereocenters. The van der Waals surface area contributed by atoms with E-state index in [4.69, 9.17) is 30.5 Å². The van der Waals surface area contributed by atoms with Crippen molar-refractivity contribution in [1.82, 2.24) is 0 Å². The number of hydrogen-bond acceptors (Lipinski definition) is 5. The van der Waals surface area contributed by atoms with Crippen LogP contribution in [0.15, 0.2) is 18.2 Å². The molecule has 0 unspecified atom stereocenters. The van der Waals surface area contributed by atoms with Gasteiger partial charge in [-0.05, 0) is 12.1 Å². The summed E-state index contributed by atoms with van der Waals surface area (Å²) in [5, 5.41) is 0. The third kappa shape index (κ3) is 2.86. The topological polar surface area (TPSA) is 57.3 Å². The van der Waals surface area contributed by atoms with Crippen molar-refractivity contribution >= 4 is 18.1 Å². The van der Waals surface area contributed by atoms with Gasteiger partial charge < -0.3 is 18.9 Å². The molecule has 1 aliphatic heterocycles. The smallest absolute Gasteiger partial charge is 0.298 e. The molecule has 98 valence electrons. The van der Waals surface area contributed by atoms with Gasteiger partial charge in [-0.1, -0.05) is 6.07 Å². The summed E-state index contributed by atoms with van der Waals surface area (Å²) in [5.41, 5.74) is 0. The summed E-state index contributed by atoms with van der Waals surface area (Å²) in [6, 6.07) is 5.05. The largest absolute Gasteiger partial charge is 0.493 e. The second kappa shape index (κ2) is 5.93. The highest BCUT2D eigenvalue weighted by Crippen LogP contribution is 2.37. The van der Waals surface area contributed by atoms with Crippen molar-refractivity contribution in [2.45, 2.75) is 12.2 Å². The maximum Gasteiger partial charge on any atom is 0.298 e. The zero-order chi connectivity index (χ0) is 13.0. The molecule has 1 saturated heterocycles. The van der Waals surface area contributed by atoms with E-state index in [-0.39, 0.29) is 12.2 Å². The summed E-state index contributed by atoms with van der Waals surface area (Å²) in [5.74, 6) is 1.64. The predicted molar refractivity (Wildman–Crippen MR) is 64.6 cm³/mol. The number of methoxy groups -OCH3 is 1. The Morgan fingerprint density at radius 1 is 1.39 bits per heavy atom. The molecule has 6 heteroatoms. The molecule has 18 heavy (non-hydrogen) atoms. The number of epoxide rings is 1. The predicted octanol–water partition coefficient (Wildman–Crippen LogP) is 1.62. The average Bonchev–Trinajstić information content (AvgIpc) is 3.16. The molecule has 0 N–H and O–H groups in total. The lowest BCUT2D eigenvalue weighted by atomic mass is 10.3. The number of ether oxygens (including phenoxy) is 4. The lowest BCUT2D eigenvalue weighted by Gasteiger charge is -2.12. The van der Waals surface area contributed by atoms with Crippen LogP contribution in [0.5, 0.6) is 17.2 Å². The molecule has 1 fully saturated rings. The number of carbonyl (C=O) groups is 1. The molecule has 1 heterocycles. The number of para-hydroxylation sites is 1. The Kier molecular flexibility index (Phi) is 4.28. The molecule has 5 nitrogen and oxygen atoms in total. The molecule has 1 aromatic rings. The van der Waals surface area contributed by atoms with Gasteiger partial charge in [0.15, 0.2) is 11.5 Å². The van der Waals surface area contributed by atoms with Gasteiger partial charge in [0.1, 0.15) is 18.8 Å². The van der Waals surface area contributed by atoms with Crippen LogP contribution in [0.25, 0.3) is 0 Å².